The number of carbonyl (C=O) groups excluding carboxylic acids is 1. The number of likely N-dealkylation sites (N-methyl/N-ethyl adjacent to an activating group) is 1. The summed E-state index contributed by atoms with van der Waals surface area (Å²) in [7, 11) is 1.79. The molecule has 108 valence electrons. The standard InChI is InChI=1S/C14H31N3O/c1-11(2)6-8-17(9-7-12(3)4)10-13(16-5)14(15)18/h11-13,16H,6-10H2,1-5H3,(H2,15,18). The minimum absolute atomic E-state index is 0.246. The van der Waals surface area contributed by atoms with E-state index in [9.17, 15) is 4.79 Å². The van der Waals surface area contributed by atoms with Gasteiger partial charge in [0.2, 0.25) is 5.91 Å². The van der Waals surface area contributed by atoms with Gasteiger partial charge in [-0.1, -0.05) is 27.7 Å². The van der Waals surface area contributed by atoms with Crippen LogP contribution in [0.25, 0.3) is 0 Å². The molecule has 4 nitrogen and oxygen atoms in total. The van der Waals surface area contributed by atoms with Crippen LogP contribution in [0.1, 0.15) is 40.5 Å². The van der Waals surface area contributed by atoms with Crippen LogP contribution in [0.3, 0.4) is 0 Å². The van der Waals surface area contributed by atoms with Crippen LogP contribution in [0.2, 0.25) is 0 Å². The van der Waals surface area contributed by atoms with Crippen molar-refractivity contribution in [3.63, 3.8) is 0 Å². The molecule has 0 saturated carbocycles. The van der Waals surface area contributed by atoms with Crippen molar-refractivity contribution in [2.24, 2.45) is 17.6 Å². The number of primary amides is 1. The van der Waals surface area contributed by atoms with Gasteiger partial charge in [-0.15, -0.1) is 0 Å². The lowest BCUT2D eigenvalue weighted by Gasteiger charge is -2.27. The minimum atomic E-state index is -0.267. The monoisotopic (exact) mass is 257 g/mol. The molecule has 0 aromatic rings. The van der Waals surface area contributed by atoms with Gasteiger partial charge in [0.05, 0.1) is 6.04 Å². The Kier molecular flexibility index (Phi) is 9.02. The van der Waals surface area contributed by atoms with Gasteiger partial charge in [-0.05, 0) is 44.8 Å². The van der Waals surface area contributed by atoms with Crippen molar-refractivity contribution >= 4 is 5.91 Å². The zero-order valence-electron chi connectivity index (χ0n) is 12.7. The number of hydrogen-bond acceptors (Lipinski definition) is 3. The SMILES string of the molecule is CNC(CN(CCC(C)C)CCC(C)C)C(N)=O. The molecule has 4 heteroatoms. The fourth-order valence-corrected chi connectivity index (χ4v) is 1.76. The van der Waals surface area contributed by atoms with Crippen molar-refractivity contribution in [2.45, 2.75) is 46.6 Å². The third-order valence-corrected chi connectivity index (χ3v) is 3.18. The van der Waals surface area contributed by atoms with Gasteiger partial charge in [-0.3, -0.25) is 4.79 Å². The van der Waals surface area contributed by atoms with Crippen LogP contribution in [0.5, 0.6) is 0 Å². The number of nitrogens with two attached hydrogens (primary N) is 1. The third-order valence-electron chi connectivity index (χ3n) is 3.18. The highest BCUT2D eigenvalue weighted by molar-refractivity contribution is 5.80. The average molecular weight is 257 g/mol. The van der Waals surface area contributed by atoms with E-state index in [1.807, 2.05) is 0 Å². The van der Waals surface area contributed by atoms with Gasteiger partial charge in [0.15, 0.2) is 0 Å². The second-order valence-corrected chi connectivity index (χ2v) is 5.91. The van der Waals surface area contributed by atoms with Gasteiger partial charge < -0.3 is 16.0 Å². The highest BCUT2D eigenvalue weighted by Crippen LogP contribution is 2.07. The Morgan fingerprint density at radius 3 is 1.83 bits per heavy atom. The van der Waals surface area contributed by atoms with Gasteiger partial charge in [0.1, 0.15) is 0 Å². The first-order valence-corrected chi connectivity index (χ1v) is 7.05. The molecule has 0 saturated heterocycles. The normalized spacial score (nSPS) is 13.6. The first-order valence-electron chi connectivity index (χ1n) is 7.05. The number of rotatable bonds is 10. The molecule has 0 aromatic carbocycles. The molecule has 1 atom stereocenters. The number of hydrogen-bond donors (Lipinski definition) is 2. The Balaban J connectivity index is 4.29. The number of amides is 1. The molecule has 1 amide bonds. The summed E-state index contributed by atoms with van der Waals surface area (Å²) in [6, 6.07) is -0.246. The van der Waals surface area contributed by atoms with E-state index in [-0.39, 0.29) is 11.9 Å². The second-order valence-electron chi connectivity index (χ2n) is 5.91. The van der Waals surface area contributed by atoms with Crippen molar-refractivity contribution in [3.05, 3.63) is 0 Å². The van der Waals surface area contributed by atoms with Gasteiger partial charge in [-0.25, -0.2) is 0 Å². The molecule has 1 unspecified atom stereocenters. The quantitative estimate of drug-likeness (QED) is 0.623. The first kappa shape index (κ1) is 17.4. The molecule has 3 N–H and O–H groups in total. The largest absolute Gasteiger partial charge is 0.368 e. The smallest absolute Gasteiger partial charge is 0.235 e. The van der Waals surface area contributed by atoms with E-state index in [0.717, 1.165) is 25.9 Å². The number of nitrogens with one attached hydrogen (secondary N) is 1. The van der Waals surface area contributed by atoms with Crippen LogP contribution in [-0.2, 0) is 4.79 Å². The van der Waals surface area contributed by atoms with Crippen LogP contribution >= 0.6 is 0 Å². The van der Waals surface area contributed by atoms with Crippen molar-refractivity contribution < 1.29 is 4.79 Å². The van der Waals surface area contributed by atoms with E-state index >= 15 is 0 Å². The predicted octanol–water partition coefficient (Wildman–Crippen LogP) is 1.45. The lowest BCUT2D eigenvalue weighted by molar-refractivity contribution is -0.120. The van der Waals surface area contributed by atoms with Crippen LogP contribution in [-0.4, -0.2) is 43.5 Å². The van der Waals surface area contributed by atoms with Crippen molar-refractivity contribution in [3.8, 4) is 0 Å². The molecule has 0 aliphatic rings. The van der Waals surface area contributed by atoms with E-state index in [4.69, 9.17) is 5.73 Å². The summed E-state index contributed by atoms with van der Waals surface area (Å²) in [6.45, 7) is 11.7. The van der Waals surface area contributed by atoms with Crippen LogP contribution in [0.15, 0.2) is 0 Å². The third kappa shape index (κ3) is 8.48. The van der Waals surface area contributed by atoms with Gasteiger partial charge in [-0.2, -0.15) is 0 Å². The van der Waals surface area contributed by atoms with Crippen LogP contribution in [0, 0.1) is 11.8 Å². The zero-order valence-corrected chi connectivity index (χ0v) is 12.7. The van der Waals surface area contributed by atoms with Gasteiger partial charge in [0.25, 0.3) is 0 Å². The second kappa shape index (κ2) is 9.34. The Hall–Kier alpha value is -0.610. The Morgan fingerprint density at radius 2 is 1.56 bits per heavy atom. The summed E-state index contributed by atoms with van der Waals surface area (Å²) in [5.41, 5.74) is 5.38. The van der Waals surface area contributed by atoms with Gasteiger partial charge in [0, 0.05) is 6.54 Å². The van der Waals surface area contributed by atoms with Crippen LogP contribution in [0.4, 0.5) is 0 Å². The molecular weight excluding hydrogens is 226 g/mol. The topological polar surface area (TPSA) is 58.4 Å². The maximum absolute atomic E-state index is 11.3. The summed E-state index contributed by atoms with van der Waals surface area (Å²) in [5, 5.41) is 2.99. The fourth-order valence-electron chi connectivity index (χ4n) is 1.76. The Bertz CT molecular complexity index is 217. The summed E-state index contributed by atoms with van der Waals surface area (Å²) in [4.78, 5) is 13.6. The zero-order chi connectivity index (χ0) is 14.1. The summed E-state index contributed by atoms with van der Waals surface area (Å²) in [6.07, 6.45) is 2.32. The lowest BCUT2D eigenvalue weighted by Crippen LogP contribution is -2.48. The van der Waals surface area contributed by atoms with Gasteiger partial charge >= 0.3 is 0 Å². The number of nitrogens with zero attached hydrogens (tertiary/aromatic N) is 1. The van der Waals surface area contributed by atoms with E-state index < -0.39 is 0 Å². The Morgan fingerprint density at radius 1 is 1.11 bits per heavy atom. The summed E-state index contributed by atoms with van der Waals surface area (Å²) in [5.74, 6) is 1.11. The molecule has 0 radical (unpaired) electrons. The highest BCUT2D eigenvalue weighted by Gasteiger charge is 2.17. The molecule has 0 aliphatic carbocycles. The van der Waals surface area contributed by atoms with Crippen molar-refractivity contribution in [2.75, 3.05) is 26.7 Å². The molecular formula is C14H31N3O. The van der Waals surface area contributed by atoms with E-state index in [2.05, 4.69) is 37.9 Å². The first-order chi connectivity index (χ1) is 8.36. The van der Waals surface area contributed by atoms with Crippen LogP contribution < -0.4 is 11.1 Å². The Labute approximate surface area is 112 Å². The number of carbonyl (C=O) groups is 1. The highest BCUT2D eigenvalue weighted by atomic mass is 16.1. The maximum atomic E-state index is 11.3. The molecule has 0 fully saturated rings. The van der Waals surface area contributed by atoms with E-state index in [1.54, 1.807) is 7.05 Å². The van der Waals surface area contributed by atoms with E-state index in [0.29, 0.717) is 18.4 Å². The average Bonchev–Trinajstić information content (AvgIpc) is 2.27. The molecule has 0 spiro atoms. The molecule has 0 heterocycles. The molecule has 0 bridgehead atoms. The fraction of sp³-hybridized carbons (Fsp3) is 0.929. The summed E-state index contributed by atoms with van der Waals surface area (Å²) >= 11 is 0. The molecule has 0 aliphatic heterocycles. The van der Waals surface area contributed by atoms with Crippen molar-refractivity contribution in [1.82, 2.24) is 10.2 Å². The molecule has 0 aromatic heterocycles. The van der Waals surface area contributed by atoms with E-state index in [1.165, 1.54) is 0 Å². The maximum Gasteiger partial charge on any atom is 0.235 e. The predicted molar refractivity (Wildman–Crippen MR) is 77.4 cm³/mol. The molecule has 0 rings (SSSR count). The molecule has 18 heavy (non-hydrogen) atoms. The lowest BCUT2D eigenvalue weighted by atomic mass is 10.1. The van der Waals surface area contributed by atoms with Crippen molar-refractivity contribution in [1.29, 1.82) is 0 Å². The summed E-state index contributed by atoms with van der Waals surface area (Å²) < 4.78 is 0. The minimum Gasteiger partial charge on any atom is -0.368 e.